The number of hydrogen-bond acceptors (Lipinski definition) is 4. The minimum Gasteiger partial charge on any atom is -0.343 e. The standard InChI is InChI=1S/C9H13ClN4O3S/c1-12-3-4-14(5-7(12)15)18(16,17)9-8(10)13(2)6-11-9/h6H,3-5H2,1-2H3. The lowest BCUT2D eigenvalue weighted by atomic mass is 10.4. The molecule has 2 heterocycles. The van der Waals surface area contributed by atoms with Gasteiger partial charge < -0.3 is 9.47 Å². The van der Waals surface area contributed by atoms with Gasteiger partial charge in [0.15, 0.2) is 0 Å². The number of rotatable bonds is 2. The molecule has 1 aliphatic rings. The van der Waals surface area contributed by atoms with E-state index in [4.69, 9.17) is 11.6 Å². The number of piperazine rings is 1. The number of carbonyl (C=O) groups is 1. The van der Waals surface area contributed by atoms with Crippen LogP contribution in [-0.4, -0.2) is 59.8 Å². The Kier molecular flexibility index (Phi) is 3.35. The summed E-state index contributed by atoms with van der Waals surface area (Å²) < 4.78 is 27.0. The zero-order valence-electron chi connectivity index (χ0n) is 10.00. The van der Waals surface area contributed by atoms with Crippen LogP contribution in [0.5, 0.6) is 0 Å². The Morgan fingerprint density at radius 1 is 1.33 bits per heavy atom. The summed E-state index contributed by atoms with van der Waals surface area (Å²) in [4.78, 5) is 16.8. The highest BCUT2D eigenvalue weighted by molar-refractivity contribution is 7.89. The third kappa shape index (κ3) is 2.11. The fraction of sp³-hybridized carbons (Fsp3) is 0.556. The fourth-order valence-corrected chi connectivity index (χ4v) is 3.40. The van der Waals surface area contributed by atoms with E-state index in [0.717, 1.165) is 4.31 Å². The van der Waals surface area contributed by atoms with Gasteiger partial charge in [-0.1, -0.05) is 11.6 Å². The zero-order chi connectivity index (χ0) is 13.5. The fourth-order valence-electron chi connectivity index (χ4n) is 1.63. The van der Waals surface area contributed by atoms with Crippen molar-refractivity contribution in [2.24, 2.45) is 7.05 Å². The molecule has 1 aliphatic heterocycles. The number of amides is 1. The van der Waals surface area contributed by atoms with Crippen LogP contribution in [-0.2, 0) is 21.9 Å². The van der Waals surface area contributed by atoms with Crippen LogP contribution in [0.3, 0.4) is 0 Å². The Morgan fingerprint density at radius 3 is 2.50 bits per heavy atom. The molecule has 9 heteroatoms. The van der Waals surface area contributed by atoms with Crippen molar-refractivity contribution in [2.75, 3.05) is 26.7 Å². The topological polar surface area (TPSA) is 75.5 Å². The Bertz CT molecular complexity index is 583. The van der Waals surface area contributed by atoms with E-state index >= 15 is 0 Å². The highest BCUT2D eigenvalue weighted by Crippen LogP contribution is 2.23. The van der Waals surface area contributed by atoms with Crippen molar-refractivity contribution in [2.45, 2.75) is 5.03 Å². The van der Waals surface area contributed by atoms with E-state index in [1.54, 1.807) is 14.1 Å². The summed E-state index contributed by atoms with van der Waals surface area (Å²) >= 11 is 5.88. The van der Waals surface area contributed by atoms with Gasteiger partial charge in [-0.15, -0.1) is 0 Å². The van der Waals surface area contributed by atoms with Gasteiger partial charge in [0.1, 0.15) is 5.15 Å². The molecule has 0 N–H and O–H groups in total. The van der Waals surface area contributed by atoms with Crippen LogP contribution in [0.15, 0.2) is 11.4 Å². The Morgan fingerprint density at radius 2 is 2.00 bits per heavy atom. The van der Waals surface area contributed by atoms with Crippen molar-refractivity contribution in [3.8, 4) is 0 Å². The second-order valence-corrected chi connectivity index (χ2v) is 6.32. The van der Waals surface area contributed by atoms with Crippen molar-refractivity contribution in [1.29, 1.82) is 0 Å². The van der Waals surface area contributed by atoms with Crippen molar-refractivity contribution in [3.05, 3.63) is 11.5 Å². The van der Waals surface area contributed by atoms with Crippen molar-refractivity contribution in [3.63, 3.8) is 0 Å². The van der Waals surface area contributed by atoms with Gasteiger partial charge in [0.25, 0.3) is 10.0 Å². The van der Waals surface area contributed by atoms with Gasteiger partial charge in [0.2, 0.25) is 10.9 Å². The molecule has 18 heavy (non-hydrogen) atoms. The van der Waals surface area contributed by atoms with E-state index in [1.807, 2.05) is 0 Å². The molecule has 2 rings (SSSR count). The molecule has 1 amide bonds. The summed E-state index contributed by atoms with van der Waals surface area (Å²) in [5, 5.41) is -0.162. The number of aryl methyl sites for hydroxylation is 1. The first-order chi connectivity index (χ1) is 8.34. The molecule has 0 aliphatic carbocycles. The number of halogens is 1. The van der Waals surface area contributed by atoms with E-state index in [2.05, 4.69) is 4.98 Å². The lowest BCUT2D eigenvalue weighted by Gasteiger charge is -2.30. The lowest BCUT2D eigenvalue weighted by Crippen LogP contribution is -2.50. The molecule has 0 atom stereocenters. The molecular weight excluding hydrogens is 280 g/mol. The maximum Gasteiger partial charge on any atom is 0.264 e. The molecule has 0 radical (unpaired) electrons. The number of hydrogen-bond donors (Lipinski definition) is 0. The van der Waals surface area contributed by atoms with E-state index < -0.39 is 10.0 Å². The van der Waals surface area contributed by atoms with E-state index in [9.17, 15) is 13.2 Å². The van der Waals surface area contributed by atoms with Gasteiger partial charge in [0, 0.05) is 27.2 Å². The molecule has 1 aromatic rings. The number of likely N-dealkylation sites (N-methyl/N-ethyl adjacent to an activating group) is 1. The molecule has 0 aromatic carbocycles. The predicted octanol–water partition coefficient (Wildman–Crippen LogP) is -0.464. The van der Waals surface area contributed by atoms with Gasteiger partial charge in [-0.25, -0.2) is 13.4 Å². The van der Waals surface area contributed by atoms with Gasteiger partial charge in [-0.3, -0.25) is 4.79 Å². The molecule has 1 aromatic heterocycles. The van der Waals surface area contributed by atoms with Crippen LogP contribution >= 0.6 is 11.6 Å². The largest absolute Gasteiger partial charge is 0.343 e. The average Bonchev–Trinajstić information content (AvgIpc) is 2.64. The summed E-state index contributed by atoms with van der Waals surface area (Å²) in [6, 6.07) is 0. The quantitative estimate of drug-likeness (QED) is 0.739. The van der Waals surface area contributed by atoms with E-state index in [1.165, 1.54) is 15.8 Å². The van der Waals surface area contributed by atoms with Crippen LogP contribution in [0.1, 0.15) is 0 Å². The molecular formula is C9H13ClN4O3S. The maximum atomic E-state index is 12.3. The SMILES string of the molecule is CN1CCN(S(=O)(=O)c2ncn(C)c2Cl)CC1=O. The normalized spacial score (nSPS) is 18.4. The predicted molar refractivity (Wildman–Crippen MR) is 64.6 cm³/mol. The Balaban J connectivity index is 2.33. The first-order valence-electron chi connectivity index (χ1n) is 5.25. The Labute approximate surface area is 110 Å². The smallest absolute Gasteiger partial charge is 0.264 e. The molecule has 0 bridgehead atoms. The first kappa shape index (κ1) is 13.3. The van der Waals surface area contributed by atoms with Crippen molar-refractivity contribution >= 4 is 27.5 Å². The number of aromatic nitrogens is 2. The van der Waals surface area contributed by atoms with Gasteiger partial charge in [-0.2, -0.15) is 4.31 Å². The third-order valence-corrected chi connectivity index (χ3v) is 5.18. The summed E-state index contributed by atoms with van der Waals surface area (Å²) in [6.07, 6.45) is 1.33. The summed E-state index contributed by atoms with van der Waals surface area (Å²) in [7, 11) is -0.567. The van der Waals surface area contributed by atoms with E-state index in [0.29, 0.717) is 6.54 Å². The van der Waals surface area contributed by atoms with Crippen LogP contribution in [0, 0.1) is 0 Å². The highest BCUT2D eigenvalue weighted by atomic mass is 35.5. The number of carbonyl (C=O) groups excluding carboxylic acids is 1. The average molecular weight is 293 g/mol. The number of nitrogens with zero attached hydrogens (tertiary/aromatic N) is 4. The van der Waals surface area contributed by atoms with Crippen LogP contribution in [0.2, 0.25) is 5.15 Å². The second kappa shape index (κ2) is 4.52. The monoisotopic (exact) mass is 292 g/mol. The van der Waals surface area contributed by atoms with Crippen LogP contribution in [0.25, 0.3) is 0 Å². The molecule has 0 saturated carbocycles. The Hall–Kier alpha value is -1.12. The van der Waals surface area contributed by atoms with Gasteiger partial charge >= 0.3 is 0 Å². The number of sulfonamides is 1. The summed E-state index contributed by atoms with van der Waals surface area (Å²) in [5.74, 6) is -0.239. The molecule has 100 valence electrons. The minimum atomic E-state index is -3.81. The third-order valence-electron chi connectivity index (χ3n) is 2.84. The number of imidazole rings is 1. The second-order valence-electron chi connectivity index (χ2n) is 4.11. The maximum absolute atomic E-state index is 12.3. The highest BCUT2D eigenvalue weighted by Gasteiger charge is 2.34. The van der Waals surface area contributed by atoms with Crippen molar-refractivity contribution < 1.29 is 13.2 Å². The lowest BCUT2D eigenvalue weighted by molar-refractivity contribution is -0.132. The van der Waals surface area contributed by atoms with E-state index in [-0.39, 0.29) is 29.2 Å². The van der Waals surface area contributed by atoms with Gasteiger partial charge in [0.05, 0.1) is 12.9 Å². The van der Waals surface area contributed by atoms with Gasteiger partial charge in [-0.05, 0) is 0 Å². The molecule has 1 fully saturated rings. The first-order valence-corrected chi connectivity index (χ1v) is 7.07. The zero-order valence-corrected chi connectivity index (χ0v) is 11.6. The molecule has 0 unspecified atom stereocenters. The molecule has 0 spiro atoms. The van der Waals surface area contributed by atoms with Crippen LogP contribution < -0.4 is 0 Å². The molecule has 1 saturated heterocycles. The summed E-state index contributed by atoms with van der Waals surface area (Å²) in [6.45, 7) is 0.436. The summed E-state index contributed by atoms with van der Waals surface area (Å²) in [5.41, 5.74) is 0. The van der Waals surface area contributed by atoms with Crippen molar-refractivity contribution in [1.82, 2.24) is 18.8 Å². The minimum absolute atomic E-state index is 0.0429. The van der Waals surface area contributed by atoms with Crippen LogP contribution in [0.4, 0.5) is 0 Å². The molecule has 7 nitrogen and oxygen atoms in total.